The molecule has 27 heavy (non-hydrogen) atoms. The minimum Gasteiger partial charge on any atom is -0.409 e. The van der Waals surface area contributed by atoms with Gasteiger partial charge in [0.15, 0.2) is 5.65 Å². The maximum Gasteiger partial charge on any atom is 0.287 e. The lowest BCUT2D eigenvalue weighted by molar-refractivity contribution is 0.108. The first-order valence-electron chi connectivity index (χ1n) is 9.61. The molecule has 1 aliphatic rings. The van der Waals surface area contributed by atoms with Crippen molar-refractivity contribution in [2.24, 2.45) is 0 Å². The van der Waals surface area contributed by atoms with Crippen molar-refractivity contribution in [2.45, 2.75) is 45.1 Å². The first-order chi connectivity index (χ1) is 13.3. The summed E-state index contributed by atoms with van der Waals surface area (Å²) in [4.78, 5) is 26.8. The zero-order valence-electron chi connectivity index (χ0n) is 15.5. The Hall–Kier alpha value is -2.89. The predicted molar refractivity (Wildman–Crippen MR) is 106 cm³/mol. The smallest absolute Gasteiger partial charge is 0.287 e. The second kappa shape index (κ2) is 7.78. The fourth-order valence-electron chi connectivity index (χ4n) is 3.68. The summed E-state index contributed by atoms with van der Waals surface area (Å²) >= 11 is 0. The van der Waals surface area contributed by atoms with Crippen LogP contribution in [0.3, 0.4) is 0 Å². The van der Waals surface area contributed by atoms with Gasteiger partial charge in [0.05, 0.1) is 17.1 Å². The summed E-state index contributed by atoms with van der Waals surface area (Å²) in [7, 11) is 0. The summed E-state index contributed by atoms with van der Waals surface area (Å²) in [5.41, 5.74) is 3.71. The second-order valence-electron chi connectivity index (χ2n) is 6.93. The molecule has 0 radical (unpaired) electrons. The normalized spacial score (nSPS) is 16.1. The fourth-order valence-corrected chi connectivity index (χ4v) is 3.68. The molecule has 6 nitrogen and oxygen atoms in total. The van der Waals surface area contributed by atoms with Crippen molar-refractivity contribution in [1.29, 1.82) is 0 Å². The molecule has 2 aromatic heterocycles. The van der Waals surface area contributed by atoms with Gasteiger partial charge in [-0.3, -0.25) is 4.79 Å². The van der Waals surface area contributed by atoms with Gasteiger partial charge in [0.1, 0.15) is 12.9 Å². The number of aryl methyl sites for hydroxylation is 1. The van der Waals surface area contributed by atoms with Gasteiger partial charge in [-0.25, -0.2) is 9.97 Å². The Kier molecular flexibility index (Phi) is 5.05. The van der Waals surface area contributed by atoms with E-state index in [1.165, 1.54) is 22.2 Å². The van der Waals surface area contributed by atoms with Gasteiger partial charge in [-0.05, 0) is 36.8 Å². The molecule has 1 unspecified atom stereocenters. The van der Waals surface area contributed by atoms with E-state index in [0.29, 0.717) is 12.3 Å². The van der Waals surface area contributed by atoms with Crippen LogP contribution in [-0.4, -0.2) is 21.3 Å². The van der Waals surface area contributed by atoms with Crippen LogP contribution in [0.5, 0.6) is 0 Å². The molecule has 2 heterocycles. The Morgan fingerprint density at radius 1 is 1.33 bits per heavy atom. The Morgan fingerprint density at radius 2 is 2.22 bits per heavy atom. The van der Waals surface area contributed by atoms with Gasteiger partial charge in [0, 0.05) is 12.3 Å². The summed E-state index contributed by atoms with van der Waals surface area (Å²) in [5, 5.41) is 4.36. The quantitative estimate of drug-likeness (QED) is 0.678. The number of hydrogen-bond donors (Lipinski definition) is 1. The summed E-state index contributed by atoms with van der Waals surface area (Å²) in [5.74, 6) is 0. The molecule has 0 spiro atoms. The third-order valence-corrected chi connectivity index (χ3v) is 5.06. The van der Waals surface area contributed by atoms with E-state index in [9.17, 15) is 4.79 Å². The third-order valence-electron chi connectivity index (χ3n) is 5.06. The molecule has 0 saturated heterocycles. The van der Waals surface area contributed by atoms with Gasteiger partial charge >= 0.3 is 0 Å². The highest BCUT2D eigenvalue weighted by Crippen LogP contribution is 2.33. The van der Waals surface area contributed by atoms with Gasteiger partial charge in [0.25, 0.3) is 5.56 Å². The molecule has 140 valence electrons. The number of nitrogens with zero attached hydrogens (tertiary/aromatic N) is 3. The number of rotatable bonds is 6. The lowest BCUT2D eigenvalue weighted by atomic mass is 9.87. The first-order valence-corrected chi connectivity index (χ1v) is 9.61. The lowest BCUT2D eigenvalue weighted by Crippen LogP contribution is -2.29. The van der Waals surface area contributed by atoms with Crippen LogP contribution in [0, 0.1) is 0 Å². The van der Waals surface area contributed by atoms with E-state index >= 15 is 0 Å². The number of pyridine rings is 1. The van der Waals surface area contributed by atoms with Crippen molar-refractivity contribution < 1.29 is 4.84 Å². The van der Waals surface area contributed by atoms with Crippen molar-refractivity contribution >= 4 is 16.7 Å². The summed E-state index contributed by atoms with van der Waals surface area (Å²) in [6.07, 6.45) is 8.33. The van der Waals surface area contributed by atoms with Crippen LogP contribution in [-0.2, 0) is 6.42 Å². The number of nitrogens with one attached hydrogen (secondary N) is 1. The van der Waals surface area contributed by atoms with E-state index < -0.39 is 0 Å². The maximum absolute atomic E-state index is 12.7. The van der Waals surface area contributed by atoms with E-state index in [2.05, 4.69) is 46.5 Å². The molecule has 3 aromatic rings. The molecule has 4 rings (SSSR count). The Morgan fingerprint density at radius 3 is 3.11 bits per heavy atom. The van der Waals surface area contributed by atoms with Crippen LogP contribution in [0.15, 0.2) is 47.7 Å². The van der Waals surface area contributed by atoms with Crippen LogP contribution < -0.4 is 15.7 Å². The highest BCUT2D eigenvalue weighted by atomic mass is 16.7. The molecule has 1 aliphatic carbocycles. The maximum atomic E-state index is 12.7. The van der Waals surface area contributed by atoms with Crippen molar-refractivity contribution in [3.05, 3.63) is 64.3 Å². The minimum absolute atomic E-state index is 0.176. The molecule has 1 N–H and O–H groups in total. The molecule has 0 aliphatic heterocycles. The average molecular weight is 364 g/mol. The summed E-state index contributed by atoms with van der Waals surface area (Å²) in [6, 6.07) is 10.3. The number of anilines is 1. The molecule has 0 saturated carbocycles. The van der Waals surface area contributed by atoms with Crippen molar-refractivity contribution in [3.63, 3.8) is 0 Å². The van der Waals surface area contributed by atoms with Crippen molar-refractivity contribution in [3.8, 4) is 0 Å². The number of aromatic nitrogens is 3. The van der Waals surface area contributed by atoms with E-state index in [4.69, 9.17) is 4.84 Å². The van der Waals surface area contributed by atoms with Gasteiger partial charge in [0.2, 0.25) is 0 Å². The number of hydrogen-bond acceptors (Lipinski definition) is 5. The molecule has 6 heteroatoms. The van der Waals surface area contributed by atoms with Gasteiger partial charge in [-0.1, -0.05) is 37.6 Å². The zero-order valence-corrected chi connectivity index (χ0v) is 15.5. The molecular formula is C21H24N4O2. The summed E-state index contributed by atoms with van der Waals surface area (Å²) < 4.78 is 1.28. The Labute approximate surface area is 158 Å². The van der Waals surface area contributed by atoms with Gasteiger partial charge < -0.3 is 10.2 Å². The minimum atomic E-state index is -0.219. The fraction of sp³-hybridized carbons (Fsp3) is 0.381. The molecule has 0 amide bonds. The van der Waals surface area contributed by atoms with E-state index in [1.807, 2.05) is 0 Å². The standard InChI is InChI=1S/C21H24N4O2/c1-2-3-11-27-25-20(26)12-19(17-13-22-14-23-21(17)25)24-18-10-6-8-15-7-4-5-9-16(15)18/h4-5,7,9,12-14,18,24H,2-3,6,8,10-11H2,1H3. The number of benzene rings is 1. The lowest BCUT2D eigenvalue weighted by Gasteiger charge is -2.27. The molecule has 1 aromatic carbocycles. The van der Waals surface area contributed by atoms with E-state index in [1.54, 1.807) is 12.3 Å². The van der Waals surface area contributed by atoms with Crippen LogP contribution >= 0.6 is 0 Å². The molecule has 0 fully saturated rings. The molecule has 1 atom stereocenters. The van der Waals surface area contributed by atoms with Gasteiger partial charge in [-0.15, -0.1) is 4.73 Å². The molecule has 0 bridgehead atoms. The van der Waals surface area contributed by atoms with Crippen LogP contribution in [0.4, 0.5) is 5.69 Å². The van der Waals surface area contributed by atoms with Crippen LogP contribution in [0.2, 0.25) is 0 Å². The summed E-state index contributed by atoms with van der Waals surface area (Å²) in [6.45, 7) is 2.57. The highest BCUT2D eigenvalue weighted by Gasteiger charge is 2.21. The first kappa shape index (κ1) is 17.5. The van der Waals surface area contributed by atoms with E-state index in [-0.39, 0.29) is 11.6 Å². The van der Waals surface area contributed by atoms with Crippen LogP contribution in [0.1, 0.15) is 49.8 Å². The average Bonchev–Trinajstić information content (AvgIpc) is 2.70. The largest absolute Gasteiger partial charge is 0.409 e. The highest BCUT2D eigenvalue weighted by molar-refractivity contribution is 5.88. The third kappa shape index (κ3) is 3.52. The molecular weight excluding hydrogens is 340 g/mol. The van der Waals surface area contributed by atoms with Crippen molar-refractivity contribution in [2.75, 3.05) is 11.9 Å². The SMILES string of the molecule is CCCCOn1c(=O)cc(NC2CCCc3ccccc32)c2cncnc21. The Bertz CT molecular complexity index is 999. The number of fused-ring (bicyclic) bond motifs is 2. The predicted octanol–water partition coefficient (Wildman–Crippen LogP) is 3.51. The van der Waals surface area contributed by atoms with Crippen molar-refractivity contribution in [1.82, 2.24) is 14.7 Å². The Balaban J connectivity index is 1.71. The number of unbranched alkanes of at least 4 members (excludes halogenated alkanes) is 1. The van der Waals surface area contributed by atoms with Gasteiger partial charge in [-0.2, -0.15) is 0 Å². The van der Waals surface area contributed by atoms with Crippen LogP contribution in [0.25, 0.3) is 11.0 Å². The monoisotopic (exact) mass is 364 g/mol. The topological polar surface area (TPSA) is 69.0 Å². The zero-order chi connectivity index (χ0) is 18.6. The second-order valence-corrected chi connectivity index (χ2v) is 6.93. The van der Waals surface area contributed by atoms with E-state index in [0.717, 1.165) is 43.2 Å².